The molecule has 0 aliphatic rings. The molecule has 0 saturated heterocycles. The Balaban J connectivity index is 1.92. The number of fused-ring (bicyclic) bond motifs is 1. The topological polar surface area (TPSA) is 68.3 Å². The number of esters is 1. The number of nitrogens with one attached hydrogen (secondary N) is 1. The SMILES string of the molecule is CCCCOC(=O)c1c(NC(=O)c2ccncc2)sc2ccccc12. The van der Waals surface area contributed by atoms with Gasteiger partial charge in [0.1, 0.15) is 10.6 Å². The van der Waals surface area contributed by atoms with E-state index in [1.54, 1.807) is 24.5 Å². The van der Waals surface area contributed by atoms with Crippen molar-refractivity contribution in [3.05, 3.63) is 59.9 Å². The summed E-state index contributed by atoms with van der Waals surface area (Å²) in [7, 11) is 0. The van der Waals surface area contributed by atoms with Crippen LogP contribution < -0.4 is 5.32 Å². The van der Waals surface area contributed by atoms with E-state index in [9.17, 15) is 9.59 Å². The molecule has 128 valence electrons. The number of thiophene rings is 1. The van der Waals surface area contributed by atoms with Gasteiger partial charge in [-0.05, 0) is 24.6 Å². The molecule has 0 aliphatic carbocycles. The zero-order valence-electron chi connectivity index (χ0n) is 13.8. The quantitative estimate of drug-likeness (QED) is 0.522. The van der Waals surface area contributed by atoms with E-state index in [0.717, 1.165) is 22.9 Å². The van der Waals surface area contributed by atoms with Gasteiger partial charge >= 0.3 is 5.97 Å². The van der Waals surface area contributed by atoms with Crippen LogP contribution in [0.2, 0.25) is 0 Å². The zero-order chi connectivity index (χ0) is 17.6. The number of rotatable bonds is 6. The van der Waals surface area contributed by atoms with Crippen molar-refractivity contribution in [1.29, 1.82) is 0 Å². The van der Waals surface area contributed by atoms with Crippen molar-refractivity contribution in [2.75, 3.05) is 11.9 Å². The summed E-state index contributed by atoms with van der Waals surface area (Å²) in [4.78, 5) is 28.9. The van der Waals surface area contributed by atoms with E-state index < -0.39 is 5.97 Å². The number of carbonyl (C=O) groups is 2. The Morgan fingerprint density at radius 2 is 1.92 bits per heavy atom. The Bertz CT molecular complexity index is 890. The number of hydrogen-bond donors (Lipinski definition) is 1. The van der Waals surface area contributed by atoms with Gasteiger partial charge in [0.25, 0.3) is 5.91 Å². The largest absolute Gasteiger partial charge is 0.462 e. The molecule has 0 atom stereocenters. The highest BCUT2D eigenvalue weighted by Crippen LogP contribution is 2.36. The first-order valence-corrected chi connectivity index (χ1v) is 8.92. The summed E-state index contributed by atoms with van der Waals surface area (Å²) in [6.45, 7) is 2.41. The van der Waals surface area contributed by atoms with Crippen LogP contribution >= 0.6 is 11.3 Å². The number of amides is 1. The number of unbranched alkanes of at least 4 members (excludes halogenated alkanes) is 1. The Hall–Kier alpha value is -2.73. The average molecular weight is 354 g/mol. The Kier molecular flexibility index (Phi) is 5.40. The van der Waals surface area contributed by atoms with E-state index in [0.29, 0.717) is 22.7 Å². The van der Waals surface area contributed by atoms with Crippen LogP contribution in [0.4, 0.5) is 5.00 Å². The Morgan fingerprint density at radius 1 is 1.16 bits per heavy atom. The van der Waals surface area contributed by atoms with Crippen molar-refractivity contribution in [2.24, 2.45) is 0 Å². The Morgan fingerprint density at radius 3 is 2.68 bits per heavy atom. The minimum atomic E-state index is -0.407. The molecule has 0 radical (unpaired) electrons. The molecular weight excluding hydrogens is 336 g/mol. The highest BCUT2D eigenvalue weighted by Gasteiger charge is 2.22. The van der Waals surface area contributed by atoms with Gasteiger partial charge in [-0.25, -0.2) is 4.79 Å². The molecule has 25 heavy (non-hydrogen) atoms. The summed E-state index contributed by atoms with van der Waals surface area (Å²) in [5.41, 5.74) is 0.900. The van der Waals surface area contributed by atoms with Gasteiger partial charge in [-0.3, -0.25) is 9.78 Å². The van der Waals surface area contributed by atoms with Gasteiger partial charge in [-0.2, -0.15) is 0 Å². The van der Waals surface area contributed by atoms with Crippen molar-refractivity contribution in [2.45, 2.75) is 19.8 Å². The number of pyridine rings is 1. The van der Waals surface area contributed by atoms with Gasteiger partial charge in [0, 0.05) is 28.0 Å². The van der Waals surface area contributed by atoms with Crippen molar-refractivity contribution in [3.8, 4) is 0 Å². The van der Waals surface area contributed by atoms with E-state index in [1.165, 1.54) is 11.3 Å². The van der Waals surface area contributed by atoms with Crippen LogP contribution in [0, 0.1) is 0 Å². The molecule has 0 saturated carbocycles. The van der Waals surface area contributed by atoms with Crippen LogP contribution in [-0.4, -0.2) is 23.5 Å². The minimum Gasteiger partial charge on any atom is -0.462 e. The predicted octanol–water partition coefficient (Wildman–Crippen LogP) is 4.51. The summed E-state index contributed by atoms with van der Waals surface area (Å²) < 4.78 is 6.30. The summed E-state index contributed by atoms with van der Waals surface area (Å²) >= 11 is 1.37. The first-order chi connectivity index (χ1) is 12.2. The number of nitrogens with zero attached hydrogens (tertiary/aromatic N) is 1. The van der Waals surface area contributed by atoms with E-state index in [1.807, 2.05) is 31.2 Å². The van der Waals surface area contributed by atoms with Gasteiger partial charge in [0.05, 0.1) is 6.61 Å². The van der Waals surface area contributed by atoms with Crippen LogP contribution in [0.15, 0.2) is 48.8 Å². The highest BCUT2D eigenvalue weighted by molar-refractivity contribution is 7.23. The number of ether oxygens (including phenoxy) is 1. The average Bonchev–Trinajstić information content (AvgIpc) is 3.00. The number of benzene rings is 1. The van der Waals surface area contributed by atoms with Gasteiger partial charge in [0.2, 0.25) is 0 Å². The Labute approximate surface area is 149 Å². The number of aromatic nitrogens is 1. The van der Waals surface area contributed by atoms with Crippen LogP contribution in [0.25, 0.3) is 10.1 Å². The van der Waals surface area contributed by atoms with Gasteiger partial charge in [-0.15, -0.1) is 11.3 Å². The van der Waals surface area contributed by atoms with Crippen molar-refractivity contribution >= 4 is 38.3 Å². The van der Waals surface area contributed by atoms with Crippen LogP contribution in [0.1, 0.15) is 40.5 Å². The molecule has 0 unspecified atom stereocenters. The van der Waals surface area contributed by atoms with Crippen LogP contribution in [0.5, 0.6) is 0 Å². The number of anilines is 1. The van der Waals surface area contributed by atoms with E-state index >= 15 is 0 Å². The summed E-state index contributed by atoms with van der Waals surface area (Å²) in [5, 5.41) is 4.13. The molecule has 6 heteroatoms. The van der Waals surface area contributed by atoms with Gasteiger partial charge in [0.15, 0.2) is 0 Å². The molecule has 2 heterocycles. The highest BCUT2D eigenvalue weighted by atomic mass is 32.1. The summed E-state index contributed by atoms with van der Waals surface area (Å²) in [5.74, 6) is -0.688. The smallest absolute Gasteiger partial charge is 0.341 e. The lowest BCUT2D eigenvalue weighted by molar-refractivity contribution is 0.0503. The maximum absolute atomic E-state index is 12.6. The van der Waals surface area contributed by atoms with E-state index in [-0.39, 0.29) is 5.91 Å². The lowest BCUT2D eigenvalue weighted by atomic mass is 10.1. The van der Waals surface area contributed by atoms with Gasteiger partial charge in [-0.1, -0.05) is 31.5 Å². The standard InChI is InChI=1S/C19H18N2O3S/c1-2-3-12-24-19(23)16-14-6-4-5-7-15(14)25-18(16)21-17(22)13-8-10-20-11-9-13/h4-11H,2-3,12H2,1H3,(H,21,22). The molecule has 3 rings (SSSR count). The fourth-order valence-electron chi connectivity index (χ4n) is 2.40. The monoisotopic (exact) mass is 354 g/mol. The second-order valence-corrected chi connectivity index (χ2v) is 6.53. The summed E-state index contributed by atoms with van der Waals surface area (Å²) in [6.07, 6.45) is 4.87. The maximum Gasteiger partial charge on any atom is 0.341 e. The molecule has 0 spiro atoms. The minimum absolute atomic E-state index is 0.281. The molecule has 0 bridgehead atoms. The third kappa shape index (κ3) is 3.85. The third-order valence-electron chi connectivity index (χ3n) is 3.70. The molecule has 5 nitrogen and oxygen atoms in total. The molecule has 1 amide bonds. The molecule has 1 N–H and O–H groups in total. The fourth-order valence-corrected chi connectivity index (χ4v) is 3.48. The molecular formula is C19H18N2O3S. The van der Waals surface area contributed by atoms with Crippen molar-refractivity contribution in [3.63, 3.8) is 0 Å². The molecule has 3 aromatic rings. The lowest BCUT2D eigenvalue weighted by Gasteiger charge is -2.07. The maximum atomic E-state index is 12.6. The first kappa shape index (κ1) is 17.1. The normalized spacial score (nSPS) is 10.6. The van der Waals surface area contributed by atoms with Crippen LogP contribution in [-0.2, 0) is 4.74 Å². The van der Waals surface area contributed by atoms with Crippen molar-refractivity contribution < 1.29 is 14.3 Å². The number of carbonyl (C=O) groups excluding carboxylic acids is 2. The second kappa shape index (κ2) is 7.90. The molecule has 1 aromatic carbocycles. The number of hydrogen-bond acceptors (Lipinski definition) is 5. The van der Waals surface area contributed by atoms with E-state index in [4.69, 9.17) is 4.74 Å². The van der Waals surface area contributed by atoms with Crippen molar-refractivity contribution in [1.82, 2.24) is 4.98 Å². The molecule has 2 aromatic heterocycles. The molecule has 0 aliphatic heterocycles. The summed E-state index contributed by atoms with van der Waals surface area (Å²) in [6, 6.07) is 10.8. The van der Waals surface area contributed by atoms with Gasteiger partial charge < -0.3 is 10.1 Å². The van der Waals surface area contributed by atoms with Crippen LogP contribution in [0.3, 0.4) is 0 Å². The predicted molar refractivity (Wildman–Crippen MR) is 99.2 cm³/mol. The third-order valence-corrected chi connectivity index (χ3v) is 4.79. The molecule has 0 fully saturated rings. The van der Waals surface area contributed by atoms with E-state index in [2.05, 4.69) is 10.3 Å². The first-order valence-electron chi connectivity index (χ1n) is 8.10. The second-order valence-electron chi connectivity index (χ2n) is 5.48. The fraction of sp³-hybridized carbons (Fsp3) is 0.211. The zero-order valence-corrected chi connectivity index (χ0v) is 14.6. The lowest BCUT2D eigenvalue weighted by Crippen LogP contribution is -2.14.